The first-order valence-corrected chi connectivity index (χ1v) is 7.76. The average molecular weight is 309 g/mol. The Bertz CT molecular complexity index is 605. The van der Waals surface area contributed by atoms with E-state index in [4.69, 9.17) is 11.6 Å². The number of aromatic nitrogens is 2. The zero-order valence-electron chi connectivity index (χ0n) is 11.5. The van der Waals surface area contributed by atoms with E-state index in [1.165, 1.54) is 12.8 Å². The molecule has 112 valence electrons. The Labute approximate surface area is 127 Å². The van der Waals surface area contributed by atoms with Gasteiger partial charge in [0, 0.05) is 24.2 Å². The molecule has 1 aromatic rings. The molecule has 0 aromatic carbocycles. The van der Waals surface area contributed by atoms with Gasteiger partial charge in [0.15, 0.2) is 6.23 Å². The molecule has 2 fully saturated rings. The molecule has 4 rings (SSSR count). The van der Waals surface area contributed by atoms with Crippen molar-refractivity contribution < 1.29 is 9.90 Å². The normalized spacial score (nSPS) is 32.0. The lowest BCUT2D eigenvalue weighted by atomic mass is 9.90. The number of nitrogens with one attached hydrogen (secondary N) is 1. The first-order chi connectivity index (χ1) is 10.1. The highest BCUT2D eigenvalue weighted by atomic mass is 35.5. The van der Waals surface area contributed by atoms with E-state index in [2.05, 4.69) is 20.2 Å². The van der Waals surface area contributed by atoms with Gasteiger partial charge >= 0.3 is 0 Å². The van der Waals surface area contributed by atoms with Gasteiger partial charge in [-0.3, -0.25) is 4.79 Å². The van der Waals surface area contributed by atoms with E-state index in [-0.39, 0.29) is 11.2 Å². The zero-order valence-corrected chi connectivity index (χ0v) is 12.3. The molecule has 3 heterocycles. The molecule has 21 heavy (non-hydrogen) atoms. The summed E-state index contributed by atoms with van der Waals surface area (Å²) in [4.78, 5) is 22.4. The van der Waals surface area contributed by atoms with Crippen LogP contribution in [0.1, 0.15) is 37.7 Å². The van der Waals surface area contributed by atoms with Crippen LogP contribution < -0.4 is 10.2 Å². The number of halogens is 1. The van der Waals surface area contributed by atoms with Crippen LogP contribution in [0.2, 0.25) is 5.28 Å². The van der Waals surface area contributed by atoms with Crippen LogP contribution in [0.4, 0.5) is 5.82 Å². The monoisotopic (exact) mass is 308 g/mol. The SMILES string of the molecule is O=C1CC2(Cc3cnc(Cl)nc3N2C2CCCC2)C(O)N1. The fraction of sp³-hybridized carbons (Fsp3) is 0.643. The van der Waals surface area contributed by atoms with Crippen LogP contribution in [0, 0.1) is 0 Å². The van der Waals surface area contributed by atoms with Crippen LogP contribution in [-0.4, -0.2) is 38.8 Å². The molecule has 1 spiro atoms. The molecule has 3 aliphatic rings. The van der Waals surface area contributed by atoms with E-state index in [1.54, 1.807) is 6.20 Å². The highest BCUT2D eigenvalue weighted by Gasteiger charge is 2.57. The van der Waals surface area contributed by atoms with E-state index in [0.29, 0.717) is 18.9 Å². The van der Waals surface area contributed by atoms with Gasteiger partial charge in [0.1, 0.15) is 5.82 Å². The third-order valence-corrected chi connectivity index (χ3v) is 5.16. The average Bonchev–Trinajstić information content (AvgIpc) is 3.09. The molecular formula is C14H17ClN4O2. The lowest BCUT2D eigenvalue weighted by Crippen LogP contribution is -2.58. The van der Waals surface area contributed by atoms with E-state index >= 15 is 0 Å². The molecule has 1 saturated carbocycles. The number of amides is 1. The highest BCUT2D eigenvalue weighted by molar-refractivity contribution is 6.28. The lowest BCUT2D eigenvalue weighted by molar-refractivity contribution is -0.120. The van der Waals surface area contributed by atoms with E-state index in [1.807, 2.05) is 0 Å². The molecule has 2 N–H and O–H groups in total. The molecule has 7 heteroatoms. The van der Waals surface area contributed by atoms with Crippen molar-refractivity contribution in [2.75, 3.05) is 4.90 Å². The van der Waals surface area contributed by atoms with Crippen molar-refractivity contribution in [2.45, 2.75) is 56.3 Å². The topological polar surface area (TPSA) is 78.4 Å². The van der Waals surface area contributed by atoms with Gasteiger partial charge in [-0.25, -0.2) is 9.97 Å². The summed E-state index contributed by atoms with van der Waals surface area (Å²) in [5.74, 6) is 0.676. The molecule has 0 radical (unpaired) electrons. The van der Waals surface area contributed by atoms with Crippen molar-refractivity contribution >= 4 is 23.3 Å². The van der Waals surface area contributed by atoms with Crippen LogP contribution >= 0.6 is 11.6 Å². The molecule has 6 nitrogen and oxygen atoms in total. The van der Waals surface area contributed by atoms with Crippen molar-refractivity contribution in [1.82, 2.24) is 15.3 Å². The Morgan fingerprint density at radius 2 is 2.14 bits per heavy atom. The molecule has 1 saturated heterocycles. The first-order valence-electron chi connectivity index (χ1n) is 7.38. The van der Waals surface area contributed by atoms with E-state index in [9.17, 15) is 9.90 Å². The second-order valence-electron chi connectivity index (χ2n) is 6.22. The maximum Gasteiger partial charge on any atom is 0.224 e. The third-order valence-electron chi connectivity index (χ3n) is 4.98. The minimum atomic E-state index is -0.876. The number of fused-ring (bicyclic) bond motifs is 1. The first kappa shape index (κ1) is 13.3. The minimum Gasteiger partial charge on any atom is -0.371 e. The highest BCUT2D eigenvalue weighted by Crippen LogP contribution is 2.47. The smallest absolute Gasteiger partial charge is 0.224 e. The van der Waals surface area contributed by atoms with Gasteiger partial charge < -0.3 is 15.3 Å². The Morgan fingerprint density at radius 1 is 1.38 bits per heavy atom. The van der Waals surface area contributed by atoms with Crippen LogP contribution in [0.5, 0.6) is 0 Å². The molecular weight excluding hydrogens is 292 g/mol. The van der Waals surface area contributed by atoms with Gasteiger partial charge in [-0.1, -0.05) is 12.8 Å². The standard InChI is InChI=1S/C14H17ClN4O2/c15-13-16-7-8-5-14(6-10(20)17-12(14)21)19(11(8)18-13)9-3-1-2-4-9/h7,9,12,21H,1-6H2,(H,17,20). The second kappa shape index (κ2) is 4.55. The number of hydrogen-bond donors (Lipinski definition) is 2. The number of nitrogens with zero attached hydrogens (tertiary/aromatic N) is 3. The molecule has 2 atom stereocenters. The fourth-order valence-electron chi connectivity index (χ4n) is 4.12. The molecule has 1 amide bonds. The Morgan fingerprint density at radius 3 is 2.81 bits per heavy atom. The van der Waals surface area contributed by atoms with Crippen molar-refractivity contribution in [2.24, 2.45) is 0 Å². The van der Waals surface area contributed by atoms with Gasteiger partial charge in [0.2, 0.25) is 11.2 Å². The quantitative estimate of drug-likeness (QED) is 0.757. The van der Waals surface area contributed by atoms with E-state index in [0.717, 1.165) is 24.2 Å². The van der Waals surface area contributed by atoms with Crippen LogP contribution in [0.25, 0.3) is 0 Å². The van der Waals surface area contributed by atoms with Crippen molar-refractivity contribution in [3.8, 4) is 0 Å². The summed E-state index contributed by atoms with van der Waals surface area (Å²) in [6, 6.07) is 0.305. The maximum atomic E-state index is 11.8. The maximum absolute atomic E-state index is 11.8. The van der Waals surface area contributed by atoms with Crippen LogP contribution in [-0.2, 0) is 11.2 Å². The number of carbonyl (C=O) groups excluding carboxylic acids is 1. The summed E-state index contributed by atoms with van der Waals surface area (Å²) in [6.07, 6.45) is 6.17. The number of aliphatic hydroxyl groups excluding tert-OH is 1. The van der Waals surface area contributed by atoms with Crippen molar-refractivity contribution in [3.63, 3.8) is 0 Å². The van der Waals surface area contributed by atoms with Crippen molar-refractivity contribution in [1.29, 1.82) is 0 Å². The number of anilines is 1. The van der Waals surface area contributed by atoms with Gasteiger partial charge in [0.05, 0.1) is 12.0 Å². The van der Waals surface area contributed by atoms with Gasteiger partial charge in [-0.05, 0) is 24.4 Å². The largest absolute Gasteiger partial charge is 0.371 e. The summed E-state index contributed by atoms with van der Waals surface area (Å²) in [7, 11) is 0. The molecule has 2 aliphatic heterocycles. The number of aliphatic hydroxyl groups is 1. The van der Waals surface area contributed by atoms with Crippen LogP contribution in [0.3, 0.4) is 0 Å². The second-order valence-corrected chi connectivity index (χ2v) is 6.56. The number of carbonyl (C=O) groups is 1. The molecule has 0 bridgehead atoms. The predicted octanol–water partition coefficient (Wildman–Crippen LogP) is 1.01. The van der Waals surface area contributed by atoms with Gasteiger partial charge in [-0.15, -0.1) is 0 Å². The summed E-state index contributed by atoms with van der Waals surface area (Å²) in [6.45, 7) is 0. The summed E-state index contributed by atoms with van der Waals surface area (Å²) >= 11 is 5.96. The molecule has 1 aliphatic carbocycles. The Balaban J connectivity index is 1.83. The molecule has 2 unspecified atom stereocenters. The Hall–Kier alpha value is -1.40. The van der Waals surface area contributed by atoms with Gasteiger partial charge in [0.25, 0.3) is 0 Å². The third kappa shape index (κ3) is 1.85. The fourth-order valence-corrected chi connectivity index (χ4v) is 4.25. The van der Waals surface area contributed by atoms with Crippen LogP contribution in [0.15, 0.2) is 6.20 Å². The number of rotatable bonds is 1. The predicted molar refractivity (Wildman–Crippen MR) is 77.0 cm³/mol. The van der Waals surface area contributed by atoms with Gasteiger partial charge in [-0.2, -0.15) is 0 Å². The van der Waals surface area contributed by atoms with Crippen molar-refractivity contribution in [3.05, 3.63) is 17.0 Å². The summed E-state index contributed by atoms with van der Waals surface area (Å²) in [5.41, 5.74) is 0.329. The number of hydrogen-bond acceptors (Lipinski definition) is 5. The minimum absolute atomic E-state index is 0.114. The lowest BCUT2D eigenvalue weighted by Gasteiger charge is -2.41. The zero-order chi connectivity index (χ0) is 14.6. The summed E-state index contributed by atoms with van der Waals surface area (Å²) < 4.78 is 0. The molecule has 1 aromatic heterocycles. The Kier molecular flexibility index (Phi) is 2.87. The summed E-state index contributed by atoms with van der Waals surface area (Å²) in [5, 5.41) is 13.3. The van der Waals surface area contributed by atoms with E-state index < -0.39 is 11.8 Å².